The predicted octanol–water partition coefficient (Wildman–Crippen LogP) is 23.9. The lowest BCUT2D eigenvalue weighted by Gasteiger charge is -2.21. The largest absolute Gasteiger partial charge is 0.472 e. The van der Waals surface area contributed by atoms with Gasteiger partial charge < -0.3 is 33.8 Å². The van der Waals surface area contributed by atoms with Crippen molar-refractivity contribution in [1.29, 1.82) is 0 Å². The van der Waals surface area contributed by atoms with Gasteiger partial charge in [0, 0.05) is 25.7 Å². The molecule has 99 heavy (non-hydrogen) atoms. The van der Waals surface area contributed by atoms with E-state index in [0.717, 1.165) is 115 Å². The van der Waals surface area contributed by atoms with E-state index in [4.69, 9.17) is 37.0 Å². The highest BCUT2D eigenvalue weighted by Crippen LogP contribution is 2.45. The molecule has 0 saturated heterocycles. The van der Waals surface area contributed by atoms with Gasteiger partial charge in [-0.2, -0.15) is 0 Å². The summed E-state index contributed by atoms with van der Waals surface area (Å²) in [6, 6.07) is 0. The molecule has 0 saturated carbocycles. The highest BCUT2D eigenvalue weighted by molar-refractivity contribution is 7.47. The van der Waals surface area contributed by atoms with Gasteiger partial charge in [0.05, 0.1) is 26.4 Å². The van der Waals surface area contributed by atoms with E-state index in [9.17, 15) is 43.2 Å². The lowest BCUT2D eigenvalue weighted by molar-refractivity contribution is -0.161. The lowest BCUT2D eigenvalue weighted by Crippen LogP contribution is -2.30. The number of ether oxygens (including phenoxy) is 4. The van der Waals surface area contributed by atoms with E-state index in [1.54, 1.807) is 0 Å². The molecule has 0 fully saturated rings. The van der Waals surface area contributed by atoms with Crippen LogP contribution in [0.2, 0.25) is 0 Å². The molecular formula is C80H156O17P2. The summed E-state index contributed by atoms with van der Waals surface area (Å²) in [6.45, 7) is 9.68. The number of phosphoric acid groups is 2. The Morgan fingerprint density at radius 2 is 0.515 bits per heavy atom. The second-order valence-electron chi connectivity index (χ2n) is 29.5. The van der Waals surface area contributed by atoms with Crippen molar-refractivity contribution >= 4 is 39.5 Å². The van der Waals surface area contributed by atoms with Gasteiger partial charge in [0.25, 0.3) is 0 Å². The molecule has 0 amide bonds. The lowest BCUT2D eigenvalue weighted by atomic mass is 9.99. The van der Waals surface area contributed by atoms with Gasteiger partial charge in [0.2, 0.25) is 0 Å². The monoisotopic (exact) mass is 1450 g/mol. The molecule has 19 heteroatoms. The smallest absolute Gasteiger partial charge is 0.462 e. The van der Waals surface area contributed by atoms with Crippen molar-refractivity contribution in [3.05, 3.63) is 0 Å². The standard InChI is InChI=1S/C80H156O17P2/c1-7-10-12-14-16-17-18-27-35-40-46-52-58-64-79(84)96-75(68-90-77(82)62-56-50-42-15-13-11-8-2)70-94-98(86,87)92-66-74(81)67-93-99(88,89)95-71-76(69-91-78(83)63-57-51-45-39-34-30-26-25-29-33-38-44-49-55-61-73(6)9-3)97-80(85)65-59-53-47-41-36-31-24-22-20-19-21-23-28-32-37-43-48-54-60-72(4)5/h72-76,81H,7-71H2,1-6H3,(H,86,87)(H,88,89)/t73?,74-,75+,76+/m0/s1. The maximum atomic E-state index is 13.1. The number of carbonyl (C=O) groups is 4. The van der Waals surface area contributed by atoms with E-state index in [-0.39, 0.29) is 25.7 Å². The third kappa shape index (κ3) is 72.8. The Kier molecular flexibility index (Phi) is 70.3. The molecule has 0 aromatic heterocycles. The zero-order chi connectivity index (χ0) is 72.8. The van der Waals surface area contributed by atoms with E-state index >= 15 is 0 Å². The molecule has 0 radical (unpaired) electrons. The molecule has 0 spiro atoms. The van der Waals surface area contributed by atoms with Gasteiger partial charge in [0.15, 0.2) is 12.2 Å². The normalized spacial score (nSPS) is 14.2. The summed E-state index contributed by atoms with van der Waals surface area (Å²) in [5.41, 5.74) is 0. The molecule has 0 aromatic rings. The fraction of sp³-hybridized carbons (Fsp3) is 0.950. The Morgan fingerprint density at radius 1 is 0.293 bits per heavy atom. The van der Waals surface area contributed by atoms with Gasteiger partial charge in [0.1, 0.15) is 19.3 Å². The van der Waals surface area contributed by atoms with Crippen molar-refractivity contribution in [1.82, 2.24) is 0 Å². The van der Waals surface area contributed by atoms with Crippen molar-refractivity contribution < 1.29 is 80.2 Å². The molecule has 0 aliphatic heterocycles. The molecule has 0 heterocycles. The van der Waals surface area contributed by atoms with E-state index in [0.29, 0.717) is 25.7 Å². The van der Waals surface area contributed by atoms with Crippen molar-refractivity contribution in [3.63, 3.8) is 0 Å². The molecule has 3 N–H and O–H groups in total. The SMILES string of the molecule is CCCCCCCCCCCCCCCC(=O)O[C@H](COC(=O)CCCCCCCCC)COP(=O)(O)OC[C@H](O)COP(=O)(O)OC[C@@H](COC(=O)CCCCCCCCCCCCCCCCC(C)CC)OC(=O)CCCCCCCCCCCCCCCCCCCCC(C)C. The number of esters is 4. The van der Waals surface area contributed by atoms with Gasteiger partial charge in [-0.3, -0.25) is 37.3 Å². The van der Waals surface area contributed by atoms with E-state index in [2.05, 4.69) is 41.5 Å². The van der Waals surface area contributed by atoms with Gasteiger partial charge in [-0.05, 0) is 37.5 Å². The minimum atomic E-state index is -4.96. The summed E-state index contributed by atoms with van der Waals surface area (Å²) in [4.78, 5) is 72.8. The minimum Gasteiger partial charge on any atom is -0.462 e. The minimum absolute atomic E-state index is 0.107. The van der Waals surface area contributed by atoms with Crippen LogP contribution in [0.5, 0.6) is 0 Å². The Balaban J connectivity index is 5.17. The number of hydrogen-bond donors (Lipinski definition) is 3. The average Bonchev–Trinajstić information content (AvgIpc) is 1.04. The third-order valence-electron chi connectivity index (χ3n) is 19.1. The highest BCUT2D eigenvalue weighted by atomic mass is 31.2. The summed E-state index contributed by atoms with van der Waals surface area (Å²) in [5.74, 6) is -0.443. The Morgan fingerprint density at radius 3 is 0.768 bits per heavy atom. The molecule has 588 valence electrons. The summed E-state index contributed by atoms with van der Waals surface area (Å²) < 4.78 is 68.5. The average molecular weight is 1450 g/mol. The number of carbonyl (C=O) groups excluding carboxylic acids is 4. The van der Waals surface area contributed by atoms with Crippen LogP contribution in [0.15, 0.2) is 0 Å². The molecule has 0 bridgehead atoms. The molecule has 0 rings (SSSR count). The fourth-order valence-electron chi connectivity index (χ4n) is 12.3. The van der Waals surface area contributed by atoms with Crippen LogP contribution in [0, 0.1) is 11.8 Å². The van der Waals surface area contributed by atoms with Crippen LogP contribution in [-0.4, -0.2) is 96.7 Å². The molecule has 0 aromatic carbocycles. The quantitative estimate of drug-likeness (QED) is 0.0222. The maximum absolute atomic E-state index is 13.1. The summed E-state index contributed by atoms with van der Waals surface area (Å²) in [6.07, 6.45) is 61.1. The van der Waals surface area contributed by atoms with E-state index in [1.165, 1.54) is 225 Å². The van der Waals surface area contributed by atoms with Gasteiger partial charge in [-0.25, -0.2) is 9.13 Å². The van der Waals surface area contributed by atoms with E-state index < -0.39 is 97.5 Å². The Hall–Kier alpha value is -1.94. The van der Waals surface area contributed by atoms with Crippen LogP contribution in [-0.2, 0) is 65.4 Å². The number of hydrogen-bond acceptors (Lipinski definition) is 15. The van der Waals surface area contributed by atoms with Crippen LogP contribution >= 0.6 is 15.6 Å². The first-order chi connectivity index (χ1) is 47.9. The first-order valence-electron chi connectivity index (χ1n) is 41.5. The van der Waals surface area contributed by atoms with Crippen molar-refractivity contribution in [2.75, 3.05) is 39.6 Å². The first kappa shape index (κ1) is 97.1. The first-order valence-corrected chi connectivity index (χ1v) is 44.5. The summed E-state index contributed by atoms with van der Waals surface area (Å²) in [5, 5.41) is 10.6. The Labute approximate surface area is 607 Å². The van der Waals surface area contributed by atoms with Crippen LogP contribution in [0.3, 0.4) is 0 Å². The molecule has 6 atom stereocenters. The number of aliphatic hydroxyl groups excluding tert-OH is 1. The second kappa shape index (κ2) is 71.7. The zero-order valence-electron chi connectivity index (χ0n) is 64.8. The van der Waals surface area contributed by atoms with Gasteiger partial charge >= 0.3 is 39.5 Å². The third-order valence-corrected chi connectivity index (χ3v) is 21.0. The highest BCUT2D eigenvalue weighted by Gasteiger charge is 2.30. The maximum Gasteiger partial charge on any atom is 0.472 e. The molecule has 3 unspecified atom stereocenters. The van der Waals surface area contributed by atoms with E-state index in [1.807, 2.05) is 0 Å². The predicted molar refractivity (Wildman–Crippen MR) is 405 cm³/mol. The number of rotatable bonds is 79. The topological polar surface area (TPSA) is 237 Å². The molecule has 0 aliphatic carbocycles. The van der Waals surface area contributed by atoms with Crippen molar-refractivity contribution in [2.45, 2.75) is 439 Å². The molecular weight excluding hydrogens is 1290 g/mol. The number of unbranched alkanes of at least 4 members (excludes halogenated alkanes) is 48. The summed E-state index contributed by atoms with van der Waals surface area (Å²) in [7, 11) is -9.91. The molecule has 0 aliphatic rings. The Bertz CT molecular complexity index is 1910. The summed E-state index contributed by atoms with van der Waals surface area (Å²) >= 11 is 0. The zero-order valence-corrected chi connectivity index (χ0v) is 66.6. The molecule has 17 nitrogen and oxygen atoms in total. The fourth-order valence-corrected chi connectivity index (χ4v) is 13.9. The van der Waals surface area contributed by atoms with Crippen molar-refractivity contribution in [2.24, 2.45) is 11.8 Å². The number of aliphatic hydroxyl groups is 1. The van der Waals surface area contributed by atoms with Crippen LogP contribution in [0.4, 0.5) is 0 Å². The van der Waals surface area contributed by atoms with Crippen LogP contribution < -0.4 is 0 Å². The number of phosphoric ester groups is 2. The van der Waals surface area contributed by atoms with Gasteiger partial charge in [-0.1, -0.05) is 369 Å². The van der Waals surface area contributed by atoms with Gasteiger partial charge in [-0.15, -0.1) is 0 Å². The van der Waals surface area contributed by atoms with Crippen molar-refractivity contribution in [3.8, 4) is 0 Å². The van der Waals surface area contributed by atoms with Crippen LogP contribution in [0.1, 0.15) is 420 Å². The van der Waals surface area contributed by atoms with Crippen LogP contribution in [0.25, 0.3) is 0 Å². The second-order valence-corrected chi connectivity index (χ2v) is 32.4.